The van der Waals surface area contributed by atoms with Gasteiger partial charge in [-0.15, -0.1) is 0 Å². The maximum absolute atomic E-state index is 12.5. The molecule has 0 saturated carbocycles. The normalized spacial score (nSPS) is 17.5. The Hall–Kier alpha value is -2.82. The van der Waals surface area contributed by atoms with E-state index in [9.17, 15) is 9.59 Å². The summed E-state index contributed by atoms with van der Waals surface area (Å²) in [5.74, 6) is 0.0696. The fourth-order valence-corrected chi connectivity index (χ4v) is 3.43. The van der Waals surface area contributed by atoms with E-state index in [-0.39, 0.29) is 22.9 Å². The maximum atomic E-state index is 12.5. The van der Waals surface area contributed by atoms with Crippen LogP contribution in [0.15, 0.2) is 47.3 Å². The highest BCUT2D eigenvalue weighted by Crippen LogP contribution is 2.28. The highest BCUT2D eigenvalue weighted by atomic mass is 16.2. The molecule has 2 N–H and O–H groups in total. The third-order valence-corrected chi connectivity index (χ3v) is 5.12. The number of hydrogen-bond donors (Lipinski definition) is 2. The number of pyridine rings is 1. The van der Waals surface area contributed by atoms with E-state index in [0.29, 0.717) is 12.1 Å². The molecule has 0 aliphatic carbocycles. The zero-order valence-electron chi connectivity index (χ0n) is 17.3. The first kappa shape index (κ1) is 19.9. The minimum Gasteiger partial charge on any atom is -0.373 e. The van der Waals surface area contributed by atoms with E-state index in [2.05, 4.69) is 61.4 Å². The number of hydrogen-bond acceptors (Lipinski definition) is 3. The molecule has 1 aromatic carbocycles. The van der Waals surface area contributed by atoms with Gasteiger partial charge in [0.2, 0.25) is 5.91 Å². The number of carbonyl (C=O) groups excluding carboxylic acids is 1. The Morgan fingerprint density at radius 1 is 1.07 bits per heavy atom. The maximum Gasteiger partial charge on any atom is 0.271 e. The Morgan fingerprint density at radius 3 is 2.25 bits per heavy atom. The molecule has 5 nitrogen and oxygen atoms in total. The van der Waals surface area contributed by atoms with Gasteiger partial charge in [0, 0.05) is 37.8 Å². The fraction of sp³-hybridized carbons (Fsp3) is 0.391. The summed E-state index contributed by atoms with van der Waals surface area (Å²) in [5, 5.41) is 2.99. The van der Waals surface area contributed by atoms with Crippen LogP contribution in [0.4, 0.5) is 5.69 Å². The van der Waals surface area contributed by atoms with Gasteiger partial charge in [0.25, 0.3) is 5.56 Å². The summed E-state index contributed by atoms with van der Waals surface area (Å²) in [6, 6.07) is 12.2. The van der Waals surface area contributed by atoms with Crippen LogP contribution in [0.5, 0.6) is 0 Å². The number of nitrogens with one attached hydrogen (secondary N) is 2. The number of nitrogens with zero attached hydrogens (tertiary/aromatic N) is 1. The van der Waals surface area contributed by atoms with Crippen molar-refractivity contribution >= 4 is 17.2 Å². The van der Waals surface area contributed by atoms with Gasteiger partial charge in [-0.05, 0) is 35.1 Å². The van der Waals surface area contributed by atoms with Gasteiger partial charge in [0.05, 0.1) is 0 Å². The molecular formula is C23H29N3O2. The van der Waals surface area contributed by atoms with E-state index in [1.807, 2.05) is 26.2 Å². The Bertz CT molecular complexity index is 947. The zero-order valence-corrected chi connectivity index (χ0v) is 17.3. The number of anilines is 1. The summed E-state index contributed by atoms with van der Waals surface area (Å²) >= 11 is 0. The smallest absolute Gasteiger partial charge is 0.271 e. The van der Waals surface area contributed by atoms with Crippen molar-refractivity contribution in [2.45, 2.75) is 45.1 Å². The number of benzene rings is 1. The molecule has 2 heterocycles. The molecule has 0 bridgehead atoms. The van der Waals surface area contributed by atoms with E-state index in [1.165, 1.54) is 5.56 Å². The molecule has 2 aromatic rings. The summed E-state index contributed by atoms with van der Waals surface area (Å²) in [6.45, 7) is 6.55. The van der Waals surface area contributed by atoms with Crippen molar-refractivity contribution in [1.29, 1.82) is 0 Å². The summed E-state index contributed by atoms with van der Waals surface area (Å²) in [7, 11) is 3.69. The molecule has 1 aliphatic heterocycles. The second kappa shape index (κ2) is 7.66. The molecule has 0 spiro atoms. The van der Waals surface area contributed by atoms with Crippen LogP contribution in [0.2, 0.25) is 0 Å². The minimum atomic E-state index is -0.129. The Labute approximate surface area is 166 Å². The summed E-state index contributed by atoms with van der Waals surface area (Å²) < 4.78 is 0. The van der Waals surface area contributed by atoms with Crippen molar-refractivity contribution in [3.63, 3.8) is 0 Å². The first-order valence-corrected chi connectivity index (χ1v) is 9.68. The highest BCUT2D eigenvalue weighted by molar-refractivity contribution is 5.82. The lowest BCUT2D eigenvalue weighted by Gasteiger charge is -2.20. The average Bonchev–Trinajstić information content (AvgIpc) is 3.03. The molecule has 0 unspecified atom stereocenters. The number of carbonyl (C=O) groups is 1. The van der Waals surface area contributed by atoms with Crippen molar-refractivity contribution in [2.24, 2.45) is 0 Å². The number of H-pyrrole nitrogens is 1. The van der Waals surface area contributed by atoms with Crippen LogP contribution in [0.3, 0.4) is 0 Å². The van der Waals surface area contributed by atoms with Crippen LogP contribution >= 0.6 is 0 Å². The van der Waals surface area contributed by atoms with Crippen LogP contribution in [-0.4, -0.2) is 31.0 Å². The van der Waals surface area contributed by atoms with E-state index in [0.717, 1.165) is 23.3 Å². The predicted octanol–water partition coefficient (Wildman–Crippen LogP) is 3.45. The molecule has 1 atom stereocenters. The number of amides is 1. The lowest BCUT2D eigenvalue weighted by atomic mass is 9.86. The summed E-state index contributed by atoms with van der Waals surface area (Å²) in [5.41, 5.74) is 4.50. The average molecular weight is 380 g/mol. The second-order valence-electron chi connectivity index (χ2n) is 8.60. The standard InChI is InChI=1S/C23H29N3O2/c1-23(2,3)16-8-6-15(7-9-16)18(14-17-10-13-21(27)24-17)19-11-12-20(26(4)5)22(28)25-19/h6-9,11-12,14,17H,10,13H2,1-5H3,(H,24,27)(H,25,28)/b18-14+/t17-/m1/s1. The third-order valence-electron chi connectivity index (χ3n) is 5.12. The topological polar surface area (TPSA) is 65.2 Å². The molecule has 1 aromatic heterocycles. The molecule has 28 heavy (non-hydrogen) atoms. The lowest BCUT2D eigenvalue weighted by Crippen LogP contribution is -2.24. The first-order chi connectivity index (χ1) is 13.1. The zero-order chi connectivity index (χ0) is 20.5. The third kappa shape index (κ3) is 4.35. The van der Waals surface area contributed by atoms with Crippen molar-refractivity contribution in [1.82, 2.24) is 10.3 Å². The summed E-state index contributed by atoms with van der Waals surface area (Å²) in [6.07, 6.45) is 3.35. The van der Waals surface area contributed by atoms with Gasteiger partial charge in [-0.3, -0.25) is 9.59 Å². The van der Waals surface area contributed by atoms with Gasteiger partial charge in [0.15, 0.2) is 0 Å². The molecule has 1 aliphatic rings. The molecular weight excluding hydrogens is 350 g/mol. The van der Waals surface area contributed by atoms with E-state index >= 15 is 0 Å². The highest BCUT2D eigenvalue weighted by Gasteiger charge is 2.21. The van der Waals surface area contributed by atoms with Crippen LogP contribution in [-0.2, 0) is 10.2 Å². The molecule has 0 radical (unpaired) electrons. The quantitative estimate of drug-likeness (QED) is 0.855. The van der Waals surface area contributed by atoms with Crippen molar-refractivity contribution in [3.05, 3.63) is 69.6 Å². The van der Waals surface area contributed by atoms with Gasteiger partial charge >= 0.3 is 0 Å². The van der Waals surface area contributed by atoms with Gasteiger partial charge in [-0.25, -0.2) is 0 Å². The van der Waals surface area contributed by atoms with Gasteiger partial charge < -0.3 is 15.2 Å². The number of aromatic nitrogens is 1. The Kier molecular flexibility index (Phi) is 5.45. The predicted molar refractivity (Wildman–Crippen MR) is 115 cm³/mol. The van der Waals surface area contributed by atoms with E-state index < -0.39 is 0 Å². The first-order valence-electron chi connectivity index (χ1n) is 9.68. The molecule has 148 valence electrons. The molecule has 1 saturated heterocycles. The van der Waals surface area contributed by atoms with E-state index in [1.54, 1.807) is 4.90 Å². The van der Waals surface area contributed by atoms with Crippen LogP contribution in [0.25, 0.3) is 5.57 Å². The fourth-order valence-electron chi connectivity index (χ4n) is 3.43. The molecule has 1 fully saturated rings. The number of rotatable bonds is 4. The molecule has 5 heteroatoms. The lowest BCUT2D eigenvalue weighted by molar-refractivity contribution is -0.119. The second-order valence-corrected chi connectivity index (χ2v) is 8.60. The van der Waals surface area contributed by atoms with Crippen LogP contribution in [0.1, 0.15) is 50.4 Å². The van der Waals surface area contributed by atoms with Gasteiger partial charge in [0.1, 0.15) is 5.69 Å². The van der Waals surface area contributed by atoms with Crippen molar-refractivity contribution in [2.75, 3.05) is 19.0 Å². The monoisotopic (exact) mass is 379 g/mol. The minimum absolute atomic E-state index is 0.0261. The van der Waals surface area contributed by atoms with Crippen LogP contribution in [0, 0.1) is 0 Å². The summed E-state index contributed by atoms with van der Waals surface area (Å²) in [4.78, 5) is 28.9. The van der Waals surface area contributed by atoms with Gasteiger partial charge in [-0.2, -0.15) is 0 Å². The Balaban J connectivity index is 2.06. The molecule has 1 amide bonds. The van der Waals surface area contributed by atoms with Gasteiger partial charge in [-0.1, -0.05) is 51.1 Å². The molecule has 3 rings (SSSR count). The SMILES string of the molecule is CN(C)c1ccc(/C(=C/[C@H]2CCC(=O)N2)c2ccc(C(C)(C)C)cc2)[nH]c1=O. The van der Waals surface area contributed by atoms with E-state index in [4.69, 9.17) is 0 Å². The number of aromatic amines is 1. The van der Waals surface area contributed by atoms with Crippen molar-refractivity contribution < 1.29 is 4.79 Å². The van der Waals surface area contributed by atoms with Crippen molar-refractivity contribution in [3.8, 4) is 0 Å². The largest absolute Gasteiger partial charge is 0.373 e. The van der Waals surface area contributed by atoms with Crippen LogP contribution < -0.4 is 15.8 Å². The Morgan fingerprint density at radius 2 is 1.75 bits per heavy atom.